The van der Waals surface area contributed by atoms with E-state index in [1.54, 1.807) is 0 Å². The lowest BCUT2D eigenvalue weighted by Gasteiger charge is -2.22. The van der Waals surface area contributed by atoms with Crippen LogP contribution in [0, 0.1) is 5.92 Å². The van der Waals surface area contributed by atoms with Crippen molar-refractivity contribution in [3.63, 3.8) is 0 Å². The molecule has 1 aliphatic heterocycles. The maximum Gasteiger partial charge on any atom is 0.239 e. The van der Waals surface area contributed by atoms with Crippen LogP contribution in [0.3, 0.4) is 0 Å². The molecule has 4 heteroatoms. The molecular formula is C11H22N2O2. The van der Waals surface area contributed by atoms with Gasteiger partial charge in [-0.2, -0.15) is 0 Å². The predicted molar refractivity (Wildman–Crippen MR) is 59.5 cm³/mol. The van der Waals surface area contributed by atoms with Crippen molar-refractivity contribution in [1.29, 1.82) is 0 Å². The van der Waals surface area contributed by atoms with Gasteiger partial charge < -0.3 is 15.3 Å². The maximum atomic E-state index is 11.8. The van der Waals surface area contributed by atoms with Gasteiger partial charge in [0.1, 0.15) is 0 Å². The number of rotatable bonds is 5. The first-order chi connectivity index (χ1) is 7.15. The highest BCUT2D eigenvalue weighted by Gasteiger charge is 2.22. The molecular weight excluding hydrogens is 192 g/mol. The van der Waals surface area contributed by atoms with E-state index < -0.39 is 0 Å². The van der Waals surface area contributed by atoms with E-state index in [4.69, 9.17) is 5.11 Å². The Kier molecular flexibility index (Phi) is 5.05. The number of hydrogen-bond acceptors (Lipinski definition) is 3. The van der Waals surface area contributed by atoms with Gasteiger partial charge in [0.15, 0.2) is 0 Å². The molecule has 1 saturated heterocycles. The van der Waals surface area contributed by atoms with Gasteiger partial charge >= 0.3 is 0 Å². The Hall–Kier alpha value is -0.610. The van der Waals surface area contributed by atoms with Gasteiger partial charge in [-0.15, -0.1) is 0 Å². The number of likely N-dealkylation sites (tertiary alicyclic amines) is 1. The molecule has 0 aromatic carbocycles. The lowest BCUT2D eigenvalue weighted by Crippen LogP contribution is -2.45. The molecule has 2 unspecified atom stereocenters. The molecule has 0 saturated carbocycles. The summed E-state index contributed by atoms with van der Waals surface area (Å²) in [6.07, 6.45) is 2.26. The van der Waals surface area contributed by atoms with Gasteiger partial charge in [0.05, 0.1) is 6.04 Å². The van der Waals surface area contributed by atoms with Crippen molar-refractivity contribution in [2.45, 2.75) is 32.7 Å². The van der Waals surface area contributed by atoms with Gasteiger partial charge in [-0.1, -0.05) is 6.92 Å². The smallest absolute Gasteiger partial charge is 0.239 e. The topological polar surface area (TPSA) is 52.6 Å². The maximum absolute atomic E-state index is 11.8. The molecule has 0 aromatic rings. The van der Waals surface area contributed by atoms with Crippen LogP contribution in [0.2, 0.25) is 0 Å². The lowest BCUT2D eigenvalue weighted by atomic mass is 10.2. The van der Waals surface area contributed by atoms with Crippen LogP contribution in [-0.2, 0) is 4.79 Å². The molecule has 15 heavy (non-hydrogen) atoms. The Morgan fingerprint density at radius 2 is 2.00 bits per heavy atom. The van der Waals surface area contributed by atoms with E-state index in [2.05, 4.69) is 5.32 Å². The second kappa shape index (κ2) is 6.08. The zero-order valence-electron chi connectivity index (χ0n) is 9.70. The molecule has 0 radical (unpaired) electrons. The van der Waals surface area contributed by atoms with Crippen LogP contribution in [0.25, 0.3) is 0 Å². The molecule has 0 aromatic heterocycles. The Morgan fingerprint density at radius 3 is 2.53 bits per heavy atom. The zero-order valence-corrected chi connectivity index (χ0v) is 9.70. The standard InChI is InChI=1S/C11H22N2O2/c1-9(8-14)7-12-10(2)11(15)13-5-3-4-6-13/h9-10,12,14H,3-8H2,1-2H3. The summed E-state index contributed by atoms with van der Waals surface area (Å²) in [5.41, 5.74) is 0. The summed E-state index contributed by atoms with van der Waals surface area (Å²) in [5, 5.41) is 12.0. The van der Waals surface area contributed by atoms with Gasteiger partial charge in [-0.05, 0) is 25.7 Å². The van der Waals surface area contributed by atoms with E-state index in [0.29, 0.717) is 6.54 Å². The molecule has 4 nitrogen and oxygen atoms in total. The average Bonchev–Trinajstić information content (AvgIpc) is 2.77. The van der Waals surface area contributed by atoms with Crippen molar-refractivity contribution in [3.05, 3.63) is 0 Å². The monoisotopic (exact) mass is 214 g/mol. The normalized spacial score (nSPS) is 20.3. The molecule has 1 heterocycles. The molecule has 88 valence electrons. The largest absolute Gasteiger partial charge is 0.396 e. The van der Waals surface area contributed by atoms with Crippen molar-refractivity contribution in [2.24, 2.45) is 5.92 Å². The van der Waals surface area contributed by atoms with Gasteiger partial charge in [0, 0.05) is 26.2 Å². The zero-order chi connectivity index (χ0) is 11.3. The fraction of sp³-hybridized carbons (Fsp3) is 0.909. The van der Waals surface area contributed by atoms with Crippen LogP contribution in [0.1, 0.15) is 26.7 Å². The minimum atomic E-state index is -0.128. The highest BCUT2D eigenvalue weighted by molar-refractivity contribution is 5.81. The fourth-order valence-corrected chi connectivity index (χ4v) is 1.74. The van der Waals surface area contributed by atoms with Gasteiger partial charge in [0.25, 0.3) is 0 Å². The Bertz CT molecular complexity index is 203. The molecule has 0 aliphatic carbocycles. The molecule has 0 bridgehead atoms. The predicted octanol–water partition coefficient (Wildman–Crippen LogP) is 0.215. The van der Waals surface area contributed by atoms with Crippen LogP contribution in [0.4, 0.5) is 0 Å². The Labute approximate surface area is 91.6 Å². The summed E-state index contributed by atoms with van der Waals surface area (Å²) >= 11 is 0. The van der Waals surface area contributed by atoms with Gasteiger partial charge in [0.2, 0.25) is 5.91 Å². The van der Waals surface area contributed by atoms with E-state index in [9.17, 15) is 4.79 Å². The molecule has 2 atom stereocenters. The number of carbonyl (C=O) groups excluding carboxylic acids is 1. The summed E-state index contributed by atoms with van der Waals surface area (Å²) in [4.78, 5) is 13.8. The molecule has 0 spiro atoms. The first kappa shape index (κ1) is 12.5. The summed E-state index contributed by atoms with van der Waals surface area (Å²) in [6, 6.07) is -0.128. The number of nitrogens with zero attached hydrogens (tertiary/aromatic N) is 1. The molecule has 1 aliphatic rings. The first-order valence-electron chi connectivity index (χ1n) is 5.78. The van der Waals surface area contributed by atoms with E-state index in [-0.39, 0.29) is 24.5 Å². The number of aliphatic hydroxyl groups excluding tert-OH is 1. The van der Waals surface area contributed by atoms with Gasteiger partial charge in [-0.25, -0.2) is 0 Å². The third-order valence-electron chi connectivity index (χ3n) is 2.87. The van der Waals surface area contributed by atoms with Crippen molar-refractivity contribution in [3.8, 4) is 0 Å². The average molecular weight is 214 g/mol. The minimum Gasteiger partial charge on any atom is -0.396 e. The van der Waals surface area contributed by atoms with Crippen LogP contribution in [0.5, 0.6) is 0 Å². The first-order valence-corrected chi connectivity index (χ1v) is 5.78. The summed E-state index contributed by atoms with van der Waals surface area (Å²) < 4.78 is 0. The third kappa shape index (κ3) is 3.80. The van der Waals surface area contributed by atoms with E-state index in [1.807, 2.05) is 18.7 Å². The van der Waals surface area contributed by atoms with Crippen molar-refractivity contribution < 1.29 is 9.90 Å². The summed E-state index contributed by atoms with van der Waals surface area (Å²) in [6.45, 7) is 6.51. The fourth-order valence-electron chi connectivity index (χ4n) is 1.74. The highest BCUT2D eigenvalue weighted by Crippen LogP contribution is 2.08. The summed E-state index contributed by atoms with van der Waals surface area (Å²) in [7, 11) is 0. The SMILES string of the molecule is CC(CO)CNC(C)C(=O)N1CCCC1. The molecule has 2 N–H and O–H groups in total. The van der Waals surface area contributed by atoms with E-state index in [1.165, 1.54) is 0 Å². The van der Waals surface area contributed by atoms with Crippen molar-refractivity contribution in [1.82, 2.24) is 10.2 Å². The van der Waals surface area contributed by atoms with Crippen LogP contribution in [-0.4, -0.2) is 48.2 Å². The number of hydrogen-bond donors (Lipinski definition) is 2. The van der Waals surface area contributed by atoms with Crippen LogP contribution >= 0.6 is 0 Å². The minimum absolute atomic E-state index is 0.128. The van der Waals surface area contributed by atoms with Crippen LogP contribution in [0.15, 0.2) is 0 Å². The quantitative estimate of drug-likeness (QED) is 0.688. The molecule has 1 rings (SSSR count). The number of amides is 1. The Morgan fingerprint density at radius 1 is 1.40 bits per heavy atom. The summed E-state index contributed by atoms with van der Waals surface area (Å²) in [5.74, 6) is 0.400. The number of aliphatic hydroxyl groups is 1. The van der Waals surface area contributed by atoms with Crippen molar-refractivity contribution in [2.75, 3.05) is 26.2 Å². The lowest BCUT2D eigenvalue weighted by molar-refractivity contribution is -0.132. The molecule has 1 amide bonds. The molecule has 1 fully saturated rings. The number of carbonyl (C=O) groups is 1. The van der Waals surface area contributed by atoms with Crippen molar-refractivity contribution >= 4 is 5.91 Å². The Balaban J connectivity index is 2.26. The van der Waals surface area contributed by atoms with E-state index >= 15 is 0 Å². The number of nitrogens with one attached hydrogen (secondary N) is 1. The van der Waals surface area contributed by atoms with E-state index in [0.717, 1.165) is 25.9 Å². The second-order valence-corrected chi connectivity index (χ2v) is 4.45. The van der Waals surface area contributed by atoms with Gasteiger partial charge in [-0.3, -0.25) is 4.79 Å². The highest BCUT2D eigenvalue weighted by atomic mass is 16.3. The van der Waals surface area contributed by atoms with Crippen LogP contribution < -0.4 is 5.32 Å². The third-order valence-corrected chi connectivity index (χ3v) is 2.87. The second-order valence-electron chi connectivity index (χ2n) is 4.45.